The molecule has 19 heavy (non-hydrogen) atoms. The highest BCUT2D eigenvalue weighted by molar-refractivity contribution is 5.94. The molecule has 1 aromatic carbocycles. The molecule has 0 radical (unpaired) electrons. The van der Waals surface area contributed by atoms with Crippen molar-refractivity contribution in [3.05, 3.63) is 35.4 Å². The zero-order chi connectivity index (χ0) is 14.6. The molecular formula is C14H14F3NO. The lowest BCUT2D eigenvalue weighted by molar-refractivity contribution is -0.137. The van der Waals surface area contributed by atoms with Crippen molar-refractivity contribution in [2.75, 3.05) is 0 Å². The first-order valence-corrected chi connectivity index (χ1v) is 5.70. The van der Waals surface area contributed by atoms with Crippen molar-refractivity contribution in [1.29, 1.82) is 0 Å². The fraction of sp³-hybridized carbons (Fsp3) is 0.357. The number of nitrogens with one attached hydrogen (secondary N) is 1. The van der Waals surface area contributed by atoms with Crippen molar-refractivity contribution >= 4 is 5.91 Å². The number of alkyl halides is 3. The Kier molecular flexibility index (Phi) is 4.60. The Morgan fingerprint density at radius 2 is 1.79 bits per heavy atom. The van der Waals surface area contributed by atoms with Gasteiger partial charge in [-0.1, -0.05) is 19.8 Å². The predicted molar refractivity (Wildman–Crippen MR) is 66.4 cm³/mol. The Balaban J connectivity index is 2.82. The van der Waals surface area contributed by atoms with E-state index in [0.29, 0.717) is 0 Å². The van der Waals surface area contributed by atoms with E-state index < -0.39 is 23.7 Å². The molecule has 1 amide bonds. The van der Waals surface area contributed by atoms with Crippen molar-refractivity contribution in [2.24, 2.45) is 5.92 Å². The summed E-state index contributed by atoms with van der Waals surface area (Å²) < 4.78 is 37.1. The van der Waals surface area contributed by atoms with E-state index in [9.17, 15) is 18.0 Å². The van der Waals surface area contributed by atoms with Crippen LogP contribution in [0, 0.1) is 18.3 Å². The largest absolute Gasteiger partial charge is 0.416 e. The number of hydrogen-bond acceptors (Lipinski definition) is 1. The molecule has 5 heteroatoms. The molecular weight excluding hydrogens is 255 g/mol. The molecule has 0 fully saturated rings. The van der Waals surface area contributed by atoms with Crippen molar-refractivity contribution < 1.29 is 18.0 Å². The Hall–Kier alpha value is -1.96. The average Bonchev–Trinajstić information content (AvgIpc) is 2.34. The van der Waals surface area contributed by atoms with E-state index in [1.165, 1.54) is 0 Å². The molecule has 0 saturated carbocycles. The molecule has 1 atom stereocenters. The molecule has 0 aliphatic heterocycles. The number of carbonyl (C=O) groups is 1. The number of terminal acetylenes is 1. The van der Waals surface area contributed by atoms with Crippen molar-refractivity contribution in [3.8, 4) is 12.3 Å². The average molecular weight is 269 g/mol. The highest BCUT2D eigenvalue weighted by Gasteiger charge is 2.30. The Labute approximate surface area is 110 Å². The van der Waals surface area contributed by atoms with Crippen LogP contribution in [0.2, 0.25) is 0 Å². The summed E-state index contributed by atoms with van der Waals surface area (Å²) in [6.07, 6.45) is 0.859. The van der Waals surface area contributed by atoms with Gasteiger partial charge < -0.3 is 5.32 Å². The van der Waals surface area contributed by atoms with Gasteiger partial charge in [0.2, 0.25) is 0 Å². The summed E-state index contributed by atoms with van der Waals surface area (Å²) in [5, 5.41) is 2.58. The third-order valence-corrected chi connectivity index (χ3v) is 2.61. The summed E-state index contributed by atoms with van der Waals surface area (Å²) in [6.45, 7) is 3.69. The molecule has 0 aliphatic carbocycles. The van der Waals surface area contributed by atoms with Crippen LogP contribution in [0.5, 0.6) is 0 Å². The van der Waals surface area contributed by atoms with Gasteiger partial charge in [0.25, 0.3) is 5.91 Å². The van der Waals surface area contributed by atoms with Gasteiger partial charge in [-0.05, 0) is 30.2 Å². The summed E-state index contributed by atoms with van der Waals surface area (Å²) in [5.41, 5.74) is -0.643. The number of benzene rings is 1. The van der Waals surface area contributed by atoms with Gasteiger partial charge in [-0.15, -0.1) is 6.42 Å². The summed E-state index contributed by atoms with van der Waals surface area (Å²) in [6, 6.07) is 3.55. The minimum absolute atomic E-state index is 0.0448. The maximum atomic E-state index is 12.4. The number of halogens is 3. The molecule has 0 aliphatic rings. The van der Waals surface area contributed by atoms with Gasteiger partial charge in [-0.2, -0.15) is 13.2 Å². The second-order valence-corrected chi connectivity index (χ2v) is 4.44. The minimum Gasteiger partial charge on any atom is -0.338 e. The zero-order valence-electron chi connectivity index (χ0n) is 10.6. The van der Waals surface area contributed by atoms with Crippen LogP contribution in [0.4, 0.5) is 13.2 Å². The number of hydrogen-bond donors (Lipinski definition) is 1. The van der Waals surface area contributed by atoms with Crippen LogP contribution in [0.3, 0.4) is 0 Å². The second-order valence-electron chi connectivity index (χ2n) is 4.44. The first-order valence-electron chi connectivity index (χ1n) is 5.70. The van der Waals surface area contributed by atoms with Crippen LogP contribution in [-0.4, -0.2) is 11.9 Å². The lowest BCUT2D eigenvalue weighted by atomic mass is 10.0. The second kappa shape index (κ2) is 5.79. The molecule has 2 nitrogen and oxygen atoms in total. The molecule has 1 rings (SSSR count). The van der Waals surface area contributed by atoms with E-state index in [1.807, 2.05) is 13.8 Å². The highest BCUT2D eigenvalue weighted by Crippen LogP contribution is 2.29. The van der Waals surface area contributed by atoms with Crippen LogP contribution < -0.4 is 5.32 Å². The molecule has 0 heterocycles. The van der Waals surface area contributed by atoms with E-state index in [0.717, 1.165) is 24.3 Å². The standard InChI is InChI=1S/C14H14F3NO/c1-4-12(9(2)3)18-13(19)10-5-7-11(8-6-10)14(15,16)17/h1,5-9,12H,2-3H3,(H,18,19). The first kappa shape index (κ1) is 15.1. The van der Waals surface area contributed by atoms with E-state index in [2.05, 4.69) is 11.2 Å². The summed E-state index contributed by atoms with van der Waals surface area (Å²) in [7, 11) is 0. The van der Waals surface area contributed by atoms with Crippen molar-refractivity contribution in [3.63, 3.8) is 0 Å². The van der Waals surface area contributed by atoms with Crippen molar-refractivity contribution in [1.82, 2.24) is 5.32 Å². The predicted octanol–water partition coefficient (Wildman–Crippen LogP) is 3.09. The third kappa shape index (κ3) is 4.02. The minimum atomic E-state index is -4.41. The number of rotatable bonds is 3. The van der Waals surface area contributed by atoms with Crippen LogP contribution in [-0.2, 0) is 6.18 Å². The van der Waals surface area contributed by atoms with E-state index >= 15 is 0 Å². The number of carbonyl (C=O) groups excluding carboxylic acids is 1. The van der Waals surface area contributed by atoms with Gasteiger partial charge in [-0.3, -0.25) is 4.79 Å². The van der Waals surface area contributed by atoms with E-state index in [1.54, 1.807) is 0 Å². The molecule has 1 N–H and O–H groups in total. The normalized spacial score (nSPS) is 12.9. The van der Waals surface area contributed by atoms with Crippen molar-refractivity contribution in [2.45, 2.75) is 26.1 Å². The summed E-state index contributed by atoms with van der Waals surface area (Å²) in [5.74, 6) is 1.99. The Morgan fingerprint density at radius 1 is 1.26 bits per heavy atom. The van der Waals surface area contributed by atoms with Crippen LogP contribution >= 0.6 is 0 Å². The Bertz CT molecular complexity index is 483. The monoisotopic (exact) mass is 269 g/mol. The molecule has 1 aromatic rings. The van der Waals surface area contributed by atoms with Gasteiger partial charge in [0.1, 0.15) is 0 Å². The Morgan fingerprint density at radius 3 is 2.16 bits per heavy atom. The molecule has 0 spiro atoms. The van der Waals surface area contributed by atoms with Gasteiger partial charge >= 0.3 is 6.18 Å². The quantitative estimate of drug-likeness (QED) is 0.839. The third-order valence-electron chi connectivity index (χ3n) is 2.61. The molecule has 102 valence electrons. The lowest BCUT2D eigenvalue weighted by Crippen LogP contribution is -2.37. The fourth-order valence-electron chi connectivity index (χ4n) is 1.44. The smallest absolute Gasteiger partial charge is 0.338 e. The van der Waals surface area contributed by atoms with Gasteiger partial charge in [-0.25, -0.2) is 0 Å². The van der Waals surface area contributed by atoms with Gasteiger partial charge in [0.05, 0.1) is 11.6 Å². The fourth-order valence-corrected chi connectivity index (χ4v) is 1.44. The summed E-state index contributed by atoms with van der Waals surface area (Å²) in [4.78, 5) is 11.8. The van der Waals surface area contributed by atoms with E-state index in [4.69, 9.17) is 6.42 Å². The van der Waals surface area contributed by atoms with Crippen LogP contribution in [0.25, 0.3) is 0 Å². The maximum absolute atomic E-state index is 12.4. The zero-order valence-corrected chi connectivity index (χ0v) is 10.6. The maximum Gasteiger partial charge on any atom is 0.416 e. The SMILES string of the molecule is C#CC(NC(=O)c1ccc(C(F)(F)F)cc1)C(C)C. The highest BCUT2D eigenvalue weighted by atomic mass is 19.4. The van der Waals surface area contributed by atoms with E-state index in [-0.39, 0.29) is 11.5 Å². The van der Waals surface area contributed by atoms with Gasteiger partial charge in [0, 0.05) is 5.56 Å². The van der Waals surface area contributed by atoms with Crippen LogP contribution in [0.15, 0.2) is 24.3 Å². The topological polar surface area (TPSA) is 29.1 Å². The lowest BCUT2D eigenvalue weighted by Gasteiger charge is -2.16. The summed E-state index contributed by atoms with van der Waals surface area (Å²) >= 11 is 0. The molecule has 0 aromatic heterocycles. The molecule has 0 bridgehead atoms. The molecule has 1 unspecified atom stereocenters. The van der Waals surface area contributed by atoms with Crippen LogP contribution in [0.1, 0.15) is 29.8 Å². The first-order chi connectivity index (χ1) is 8.75. The van der Waals surface area contributed by atoms with Gasteiger partial charge in [0.15, 0.2) is 0 Å². The molecule has 0 saturated heterocycles. The number of amides is 1.